The number of rotatable bonds is 11. The van der Waals surface area contributed by atoms with E-state index in [-0.39, 0.29) is 11.3 Å². The zero-order chi connectivity index (χ0) is 17.3. The second kappa shape index (κ2) is 9.49. The molecule has 1 atom stereocenters. The molecule has 0 aliphatic rings. The molecule has 1 aromatic carbocycles. The van der Waals surface area contributed by atoms with Gasteiger partial charge in [-0.3, -0.25) is 4.79 Å². The molecule has 1 rings (SSSR count). The third kappa shape index (κ3) is 6.55. The number of hydrogen-bond acceptors (Lipinski definition) is 5. The predicted molar refractivity (Wildman–Crippen MR) is 85.1 cm³/mol. The molecular weight excluding hydrogens is 322 g/mol. The van der Waals surface area contributed by atoms with Crippen LogP contribution in [-0.4, -0.2) is 45.9 Å². The van der Waals surface area contributed by atoms with Crippen molar-refractivity contribution in [2.24, 2.45) is 0 Å². The van der Waals surface area contributed by atoms with Crippen LogP contribution in [0.2, 0.25) is 0 Å². The molecule has 8 heteroatoms. The van der Waals surface area contributed by atoms with Gasteiger partial charge >= 0.3 is 5.97 Å². The van der Waals surface area contributed by atoms with E-state index >= 15 is 0 Å². The lowest BCUT2D eigenvalue weighted by atomic mass is 10.1. The van der Waals surface area contributed by atoms with Crippen molar-refractivity contribution in [2.75, 3.05) is 20.3 Å². The Labute approximate surface area is 136 Å². The standard InChI is InChI=1S/C15H23NO6S/c1-3-4-5-14(15(17)18)16-23(19,20)13-8-6-12(7-9-13)22-11-10-21-2/h6-9,14,16H,3-5,10-11H2,1-2H3,(H,17,18). The first-order valence-corrected chi connectivity index (χ1v) is 8.86. The molecular formula is C15H23NO6S. The topological polar surface area (TPSA) is 102 Å². The van der Waals surface area contributed by atoms with Gasteiger partial charge in [0, 0.05) is 7.11 Å². The van der Waals surface area contributed by atoms with Crippen LogP contribution in [0, 0.1) is 0 Å². The zero-order valence-electron chi connectivity index (χ0n) is 13.3. The lowest BCUT2D eigenvalue weighted by Gasteiger charge is -2.14. The van der Waals surface area contributed by atoms with Crippen molar-refractivity contribution in [3.63, 3.8) is 0 Å². The summed E-state index contributed by atoms with van der Waals surface area (Å²) in [4.78, 5) is 11.2. The Hall–Kier alpha value is -1.64. The Morgan fingerprint density at radius 1 is 1.26 bits per heavy atom. The van der Waals surface area contributed by atoms with Gasteiger partial charge < -0.3 is 14.6 Å². The van der Waals surface area contributed by atoms with Gasteiger partial charge in [0.1, 0.15) is 18.4 Å². The minimum atomic E-state index is -3.89. The molecule has 1 aromatic rings. The fraction of sp³-hybridized carbons (Fsp3) is 0.533. The van der Waals surface area contributed by atoms with Crippen molar-refractivity contribution in [3.05, 3.63) is 24.3 Å². The number of methoxy groups -OCH3 is 1. The van der Waals surface area contributed by atoms with Gasteiger partial charge in [0.05, 0.1) is 11.5 Å². The molecule has 2 N–H and O–H groups in total. The molecule has 0 aromatic heterocycles. The molecule has 0 aliphatic heterocycles. The number of benzene rings is 1. The maximum atomic E-state index is 12.2. The summed E-state index contributed by atoms with van der Waals surface area (Å²) in [6, 6.07) is 4.67. The highest BCUT2D eigenvalue weighted by Gasteiger charge is 2.24. The molecule has 0 aliphatic carbocycles. The average Bonchev–Trinajstić information content (AvgIpc) is 2.52. The first-order chi connectivity index (χ1) is 10.9. The van der Waals surface area contributed by atoms with E-state index in [4.69, 9.17) is 14.6 Å². The van der Waals surface area contributed by atoms with Crippen LogP contribution in [0.1, 0.15) is 26.2 Å². The number of ether oxygens (including phenoxy) is 2. The molecule has 0 fully saturated rings. The van der Waals surface area contributed by atoms with Crippen molar-refractivity contribution >= 4 is 16.0 Å². The molecule has 1 unspecified atom stereocenters. The number of unbranched alkanes of at least 4 members (excludes halogenated alkanes) is 1. The Bertz CT molecular complexity index is 584. The second-order valence-electron chi connectivity index (χ2n) is 4.97. The molecule has 23 heavy (non-hydrogen) atoms. The van der Waals surface area contributed by atoms with Crippen LogP contribution in [0.3, 0.4) is 0 Å². The lowest BCUT2D eigenvalue weighted by molar-refractivity contribution is -0.139. The number of carboxylic acids is 1. The average molecular weight is 345 g/mol. The summed E-state index contributed by atoms with van der Waals surface area (Å²) in [7, 11) is -2.33. The highest BCUT2D eigenvalue weighted by atomic mass is 32.2. The zero-order valence-corrected chi connectivity index (χ0v) is 14.1. The maximum Gasteiger partial charge on any atom is 0.321 e. The minimum Gasteiger partial charge on any atom is -0.491 e. The fourth-order valence-corrected chi connectivity index (χ4v) is 3.08. The van der Waals surface area contributed by atoms with E-state index in [0.29, 0.717) is 25.4 Å². The SMILES string of the molecule is CCCCC(NS(=O)(=O)c1ccc(OCCOC)cc1)C(=O)O. The van der Waals surface area contributed by atoms with E-state index in [0.717, 1.165) is 6.42 Å². The number of carbonyl (C=O) groups is 1. The van der Waals surface area contributed by atoms with E-state index in [2.05, 4.69) is 4.72 Å². The maximum absolute atomic E-state index is 12.2. The van der Waals surface area contributed by atoms with Crippen LogP contribution in [0.25, 0.3) is 0 Å². The molecule has 0 spiro atoms. The van der Waals surface area contributed by atoms with Crippen LogP contribution in [0.5, 0.6) is 5.75 Å². The molecule has 0 bridgehead atoms. The number of sulfonamides is 1. The largest absolute Gasteiger partial charge is 0.491 e. The molecule has 0 saturated heterocycles. The Morgan fingerprint density at radius 3 is 2.43 bits per heavy atom. The summed E-state index contributed by atoms with van der Waals surface area (Å²) in [5.41, 5.74) is 0. The van der Waals surface area contributed by atoms with Gasteiger partial charge in [0.15, 0.2) is 0 Å². The Balaban J connectivity index is 2.76. The molecule has 0 heterocycles. The summed E-state index contributed by atoms with van der Waals surface area (Å²) >= 11 is 0. The van der Waals surface area contributed by atoms with Gasteiger partial charge in [-0.1, -0.05) is 19.8 Å². The molecule has 130 valence electrons. The second-order valence-corrected chi connectivity index (χ2v) is 6.68. The van der Waals surface area contributed by atoms with E-state index in [9.17, 15) is 13.2 Å². The van der Waals surface area contributed by atoms with Gasteiger partial charge in [0.25, 0.3) is 0 Å². The summed E-state index contributed by atoms with van der Waals surface area (Å²) in [6.07, 6.45) is 1.67. The summed E-state index contributed by atoms with van der Waals surface area (Å²) in [5.74, 6) is -0.664. The van der Waals surface area contributed by atoms with E-state index < -0.39 is 22.0 Å². The third-order valence-electron chi connectivity index (χ3n) is 3.13. The van der Waals surface area contributed by atoms with Crippen molar-refractivity contribution in [1.82, 2.24) is 4.72 Å². The monoisotopic (exact) mass is 345 g/mol. The highest BCUT2D eigenvalue weighted by Crippen LogP contribution is 2.17. The third-order valence-corrected chi connectivity index (χ3v) is 4.62. The minimum absolute atomic E-state index is 0.000611. The van der Waals surface area contributed by atoms with Gasteiger partial charge in [-0.15, -0.1) is 0 Å². The first kappa shape index (κ1) is 19.4. The summed E-state index contributed by atoms with van der Waals surface area (Å²) in [5, 5.41) is 9.12. The molecule has 0 amide bonds. The predicted octanol–water partition coefficient (Wildman–Crippen LogP) is 1.63. The smallest absolute Gasteiger partial charge is 0.321 e. The number of hydrogen-bond donors (Lipinski definition) is 2. The first-order valence-electron chi connectivity index (χ1n) is 7.37. The van der Waals surface area contributed by atoms with E-state index in [1.807, 2.05) is 6.92 Å². The van der Waals surface area contributed by atoms with Crippen molar-refractivity contribution in [1.29, 1.82) is 0 Å². The quantitative estimate of drug-likeness (QED) is 0.591. The summed E-state index contributed by atoms with van der Waals surface area (Å²) < 4.78 is 36.9. The highest BCUT2D eigenvalue weighted by molar-refractivity contribution is 7.89. The number of carboxylic acid groups (broad SMARTS) is 1. The van der Waals surface area contributed by atoms with Crippen LogP contribution in [-0.2, 0) is 19.6 Å². The van der Waals surface area contributed by atoms with Gasteiger partial charge in [-0.05, 0) is 30.7 Å². The van der Waals surface area contributed by atoms with E-state index in [1.54, 1.807) is 7.11 Å². The van der Waals surface area contributed by atoms with Gasteiger partial charge in [-0.25, -0.2) is 8.42 Å². The fourth-order valence-electron chi connectivity index (χ4n) is 1.85. The molecule has 7 nitrogen and oxygen atoms in total. The van der Waals surface area contributed by atoms with Crippen LogP contribution in [0.15, 0.2) is 29.2 Å². The van der Waals surface area contributed by atoms with Gasteiger partial charge in [0.2, 0.25) is 10.0 Å². The Kier molecular flexibility index (Phi) is 8.01. The lowest BCUT2D eigenvalue weighted by Crippen LogP contribution is -2.40. The van der Waals surface area contributed by atoms with Crippen molar-refractivity contribution in [2.45, 2.75) is 37.1 Å². The molecule has 0 saturated carbocycles. The van der Waals surface area contributed by atoms with E-state index in [1.165, 1.54) is 24.3 Å². The van der Waals surface area contributed by atoms with Crippen LogP contribution in [0.4, 0.5) is 0 Å². The van der Waals surface area contributed by atoms with Crippen molar-refractivity contribution < 1.29 is 27.8 Å². The molecule has 0 radical (unpaired) electrons. The summed E-state index contributed by atoms with van der Waals surface area (Å²) in [6.45, 7) is 2.70. The number of aliphatic carboxylic acids is 1. The normalized spacial score (nSPS) is 12.8. The number of nitrogens with one attached hydrogen (secondary N) is 1. The van der Waals surface area contributed by atoms with Crippen molar-refractivity contribution in [3.8, 4) is 5.75 Å². The van der Waals surface area contributed by atoms with Crippen LogP contribution < -0.4 is 9.46 Å². The van der Waals surface area contributed by atoms with Crippen LogP contribution >= 0.6 is 0 Å². The Morgan fingerprint density at radius 2 is 1.91 bits per heavy atom. The van der Waals surface area contributed by atoms with Gasteiger partial charge in [-0.2, -0.15) is 4.72 Å².